The number of anilines is 1. The number of nitrogens with two attached hydrogens (primary N) is 1. The molecule has 1 saturated carbocycles. The molecule has 0 radical (unpaired) electrons. The number of rotatable bonds is 4. The first-order valence-corrected chi connectivity index (χ1v) is 9.55. The number of primary amides is 1. The minimum Gasteiger partial charge on any atom is -0.406 e. The van der Waals surface area contributed by atoms with Crippen LogP contribution in [0.4, 0.5) is 23.7 Å². The molecular formula is C20H18F3N5O3. The van der Waals surface area contributed by atoms with Gasteiger partial charge in [-0.25, -0.2) is 4.79 Å². The van der Waals surface area contributed by atoms with E-state index in [1.807, 2.05) is 4.57 Å². The second kappa shape index (κ2) is 7.54. The first kappa shape index (κ1) is 20.6. The van der Waals surface area contributed by atoms with Crippen molar-refractivity contribution in [2.75, 3.05) is 11.9 Å². The van der Waals surface area contributed by atoms with E-state index in [0.29, 0.717) is 18.8 Å². The molecular weight excluding hydrogens is 415 g/mol. The lowest BCUT2D eigenvalue weighted by Crippen LogP contribution is -2.41. The van der Waals surface area contributed by atoms with Gasteiger partial charge in [0.1, 0.15) is 11.8 Å². The fraction of sp³-hybridized carbons (Fsp3) is 0.350. The number of amides is 3. The van der Waals surface area contributed by atoms with Gasteiger partial charge in [-0.05, 0) is 37.1 Å². The molecule has 3 N–H and O–H groups in total. The third kappa shape index (κ3) is 4.14. The van der Waals surface area contributed by atoms with Crippen LogP contribution in [-0.2, 0) is 13.1 Å². The van der Waals surface area contributed by atoms with Crippen LogP contribution in [0.5, 0.6) is 5.75 Å². The van der Waals surface area contributed by atoms with E-state index in [0.717, 1.165) is 30.7 Å². The number of halogens is 3. The van der Waals surface area contributed by atoms with Crippen molar-refractivity contribution < 1.29 is 27.5 Å². The standard InChI is InChI=1S/C20H18F3N5O3/c21-20(22,23)31-13-5-3-12(4-6-13)26-19(30)27-7-8-28-15(10-27)16(18(25)29)14(9-24)17(28)11-1-2-11/h3-6,11H,1-2,7-8,10H2,(H2,25,29)(H,26,30). The van der Waals surface area contributed by atoms with Crippen LogP contribution < -0.4 is 15.8 Å². The number of hydrogen-bond donors (Lipinski definition) is 2. The molecule has 2 heterocycles. The monoisotopic (exact) mass is 433 g/mol. The molecule has 1 aromatic heterocycles. The highest BCUT2D eigenvalue weighted by Gasteiger charge is 2.38. The van der Waals surface area contributed by atoms with Gasteiger partial charge in [0, 0.05) is 30.4 Å². The lowest BCUT2D eigenvalue weighted by molar-refractivity contribution is -0.274. The summed E-state index contributed by atoms with van der Waals surface area (Å²) in [6.07, 6.45) is -2.92. The van der Waals surface area contributed by atoms with Crippen LogP contribution in [0.3, 0.4) is 0 Å². The number of aromatic nitrogens is 1. The highest BCUT2D eigenvalue weighted by atomic mass is 19.4. The zero-order valence-electron chi connectivity index (χ0n) is 16.2. The Morgan fingerprint density at radius 3 is 2.42 bits per heavy atom. The van der Waals surface area contributed by atoms with E-state index in [2.05, 4.69) is 16.1 Å². The van der Waals surface area contributed by atoms with Gasteiger partial charge in [-0.15, -0.1) is 13.2 Å². The summed E-state index contributed by atoms with van der Waals surface area (Å²) in [4.78, 5) is 26.2. The molecule has 0 unspecified atom stereocenters. The smallest absolute Gasteiger partial charge is 0.406 e. The number of carbonyl (C=O) groups excluding carboxylic acids is 2. The topological polar surface area (TPSA) is 113 Å². The number of carbonyl (C=O) groups is 2. The second-order valence-electron chi connectivity index (χ2n) is 7.41. The van der Waals surface area contributed by atoms with Gasteiger partial charge in [0.05, 0.1) is 23.4 Å². The molecule has 162 valence electrons. The summed E-state index contributed by atoms with van der Waals surface area (Å²) < 4.78 is 42.5. The normalized spacial score (nSPS) is 15.7. The third-order valence-electron chi connectivity index (χ3n) is 5.29. The van der Waals surface area contributed by atoms with Gasteiger partial charge < -0.3 is 25.3 Å². The van der Waals surface area contributed by atoms with Gasteiger partial charge in [0.15, 0.2) is 0 Å². The van der Waals surface area contributed by atoms with E-state index >= 15 is 0 Å². The van der Waals surface area contributed by atoms with Crippen molar-refractivity contribution in [3.8, 4) is 11.8 Å². The van der Waals surface area contributed by atoms with Crippen molar-refractivity contribution in [3.63, 3.8) is 0 Å². The zero-order valence-corrected chi connectivity index (χ0v) is 16.2. The van der Waals surface area contributed by atoms with E-state index in [9.17, 15) is 28.0 Å². The highest BCUT2D eigenvalue weighted by Crippen LogP contribution is 2.44. The van der Waals surface area contributed by atoms with Crippen molar-refractivity contribution in [3.05, 3.63) is 46.8 Å². The molecule has 3 amide bonds. The van der Waals surface area contributed by atoms with Crippen LogP contribution in [-0.4, -0.2) is 34.3 Å². The average molecular weight is 433 g/mol. The number of nitrogens with one attached hydrogen (secondary N) is 1. The molecule has 31 heavy (non-hydrogen) atoms. The van der Waals surface area contributed by atoms with E-state index in [-0.39, 0.29) is 29.3 Å². The van der Waals surface area contributed by atoms with Crippen molar-refractivity contribution in [2.24, 2.45) is 5.73 Å². The number of ether oxygens (including phenoxy) is 1. The zero-order chi connectivity index (χ0) is 22.3. The van der Waals surface area contributed by atoms with Crippen LogP contribution in [0.25, 0.3) is 0 Å². The molecule has 2 aromatic rings. The quantitative estimate of drug-likeness (QED) is 0.770. The molecule has 0 saturated heterocycles. The Bertz CT molecular complexity index is 1080. The summed E-state index contributed by atoms with van der Waals surface area (Å²) >= 11 is 0. The summed E-state index contributed by atoms with van der Waals surface area (Å²) in [6, 6.07) is 6.38. The van der Waals surface area contributed by atoms with E-state index in [4.69, 9.17) is 5.73 Å². The predicted molar refractivity (Wildman–Crippen MR) is 102 cm³/mol. The van der Waals surface area contributed by atoms with Gasteiger partial charge in [-0.1, -0.05) is 0 Å². The van der Waals surface area contributed by atoms with Crippen LogP contribution in [0.15, 0.2) is 24.3 Å². The Kier molecular flexibility index (Phi) is 5.00. The Labute approximate surface area is 175 Å². The van der Waals surface area contributed by atoms with Crippen LogP contribution in [0, 0.1) is 11.3 Å². The third-order valence-corrected chi connectivity index (χ3v) is 5.29. The second-order valence-corrected chi connectivity index (χ2v) is 7.41. The minimum absolute atomic E-state index is 0.0841. The van der Waals surface area contributed by atoms with Gasteiger partial charge in [0.25, 0.3) is 5.91 Å². The Morgan fingerprint density at radius 2 is 1.87 bits per heavy atom. The number of alkyl halides is 3. The van der Waals surface area contributed by atoms with Crippen molar-refractivity contribution >= 4 is 17.6 Å². The van der Waals surface area contributed by atoms with Gasteiger partial charge in [0.2, 0.25) is 0 Å². The predicted octanol–water partition coefficient (Wildman–Crippen LogP) is 3.28. The van der Waals surface area contributed by atoms with E-state index < -0.39 is 24.1 Å². The number of nitrogens with zero attached hydrogens (tertiary/aromatic N) is 3. The van der Waals surface area contributed by atoms with Crippen molar-refractivity contribution in [1.82, 2.24) is 9.47 Å². The molecule has 2 aliphatic rings. The van der Waals surface area contributed by atoms with Gasteiger partial charge >= 0.3 is 12.4 Å². The SMILES string of the molecule is N#Cc1c(C(N)=O)c2n(c1C1CC1)CCN(C(=O)Nc1ccc(OC(F)(F)F)cc1)C2. The largest absolute Gasteiger partial charge is 0.573 e. The molecule has 1 aliphatic heterocycles. The first-order valence-electron chi connectivity index (χ1n) is 9.55. The minimum atomic E-state index is -4.80. The maximum absolute atomic E-state index is 12.7. The lowest BCUT2D eigenvalue weighted by atomic mass is 10.1. The fourth-order valence-corrected chi connectivity index (χ4v) is 3.86. The Morgan fingerprint density at radius 1 is 1.19 bits per heavy atom. The molecule has 1 fully saturated rings. The highest BCUT2D eigenvalue weighted by molar-refractivity contribution is 5.98. The van der Waals surface area contributed by atoms with Crippen molar-refractivity contribution in [2.45, 2.75) is 38.2 Å². The average Bonchev–Trinajstić information content (AvgIpc) is 3.48. The summed E-state index contributed by atoms with van der Waals surface area (Å²) in [5.74, 6) is -0.891. The molecule has 4 rings (SSSR count). The van der Waals surface area contributed by atoms with Crippen molar-refractivity contribution in [1.29, 1.82) is 5.26 Å². The lowest BCUT2D eigenvalue weighted by Gasteiger charge is -2.30. The molecule has 0 atom stereocenters. The Hall–Kier alpha value is -3.68. The van der Waals surface area contributed by atoms with Crippen LogP contribution >= 0.6 is 0 Å². The summed E-state index contributed by atoms with van der Waals surface area (Å²) in [7, 11) is 0. The number of nitriles is 1. The maximum atomic E-state index is 12.7. The maximum Gasteiger partial charge on any atom is 0.573 e. The molecule has 11 heteroatoms. The Balaban J connectivity index is 1.52. The molecule has 0 bridgehead atoms. The molecule has 8 nitrogen and oxygen atoms in total. The first-order chi connectivity index (χ1) is 14.7. The number of hydrogen-bond acceptors (Lipinski definition) is 4. The molecule has 0 spiro atoms. The number of benzene rings is 1. The van der Waals surface area contributed by atoms with E-state index in [1.165, 1.54) is 17.0 Å². The van der Waals surface area contributed by atoms with Crippen LogP contribution in [0.2, 0.25) is 0 Å². The van der Waals surface area contributed by atoms with Gasteiger partial charge in [-0.3, -0.25) is 4.79 Å². The number of fused-ring (bicyclic) bond motifs is 1. The fourth-order valence-electron chi connectivity index (χ4n) is 3.86. The summed E-state index contributed by atoms with van der Waals surface area (Å²) in [5, 5.41) is 12.2. The van der Waals surface area contributed by atoms with Crippen LogP contribution in [0.1, 0.15) is 46.1 Å². The van der Waals surface area contributed by atoms with E-state index in [1.54, 1.807) is 0 Å². The number of urea groups is 1. The summed E-state index contributed by atoms with van der Waals surface area (Å²) in [6.45, 7) is 0.835. The summed E-state index contributed by atoms with van der Waals surface area (Å²) in [5.41, 5.74) is 7.60. The van der Waals surface area contributed by atoms with Gasteiger partial charge in [-0.2, -0.15) is 5.26 Å². The molecule has 1 aliphatic carbocycles. The molecule has 1 aromatic carbocycles.